The first kappa shape index (κ1) is 17.3. The van der Waals surface area contributed by atoms with Crippen LogP contribution >= 0.6 is 0 Å². The Kier molecular flexibility index (Phi) is 5.97. The first-order valence-electron chi connectivity index (χ1n) is 7.18. The normalized spacial score (nSPS) is 18.2. The number of amides is 2. The van der Waals surface area contributed by atoms with Gasteiger partial charge in [0.15, 0.2) is 0 Å². The van der Waals surface area contributed by atoms with E-state index in [1.54, 1.807) is 6.07 Å². The van der Waals surface area contributed by atoms with Gasteiger partial charge >= 0.3 is 0 Å². The quantitative estimate of drug-likeness (QED) is 0.804. The monoisotopic (exact) mass is 330 g/mol. The standard InChI is InChI=1S/C15H17F3N2O3/c16-11-4-2-1-3-10(11)14-15(22)19-6-7-20(14)13(21)5-8-23-9-12(17)18/h1-4,12,14H,5-9H2,(H,19,22)/t14-/m0/s1. The van der Waals surface area contributed by atoms with Crippen molar-refractivity contribution in [1.82, 2.24) is 10.2 Å². The Hall–Kier alpha value is -2.09. The van der Waals surface area contributed by atoms with E-state index in [1.165, 1.54) is 23.1 Å². The van der Waals surface area contributed by atoms with E-state index < -0.39 is 36.7 Å². The molecule has 0 aliphatic carbocycles. The van der Waals surface area contributed by atoms with Gasteiger partial charge in [-0.15, -0.1) is 0 Å². The summed E-state index contributed by atoms with van der Waals surface area (Å²) in [5, 5.41) is 2.59. The second kappa shape index (κ2) is 7.96. The van der Waals surface area contributed by atoms with Gasteiger partial charge in [0.1, 0.15) is 18.5 Å². The first-order chi connectivity index (χ1) is 11.0. The molecule has 1 fully saturated rings. The lowest BCUT2D eigenvalue weighted by Crippen LogP contribution is -2.52. The van der Waals surface area contributed by atoms with Crippen molar-refractivity contribution in [3.05, 3.63) is 35.6 Å². The third-order valence-corrected chi connectivity index (χ3v) is 3.44. The molecule has 1 heterocycles. The van der Waals surface area contributed by atoms with E-state index in [0.717, 1.165) is 0 Å². The summed E-state index contributed by atoms with van der Waals surface area (Å²) >= 11 is 0. The fourth-order valence-corrected chi connectivity index (χ4v) is 2.42. The molecule has 1 N–H and O–H groups in total. The zero-order chi connectivity index (χ0) is 16.8. The lowest BCUT2D eigenvalue weighted by molar-refractivity contribution is -0.144. The first-order valence-corrected chi connectivity index (χ1v) is 7.18. The minimum atomic E-state index is -2.60. The van der Waals surface area contributed by atoms with Crippen LogP contribution in [0.5, 0.6) is 0 Å². The van der Waals surface area contributed by atoms with Crippen LogP contribution in [-0.4, -0.2) is 49.4 Å². The highest BCUT2D eigenvalue weighted by Crippen LogP contribution is 2.26. The molecule has 0 bridgehead atoms. The molecule has 1 aromatic carbocycles. The third-order valence-electron chi connectivity index (χ3n) is 3.44. The highest BCUT2D eigenvalue weighted by Gasteiger charge is 2.35. The number of hydrogen-bond acceptors (Lipinski definition) is 3. The molecule has 23 heavy (non-hydrogen) atoms. The van der Waals surface area contributed by atoms with Crippen LogP contribution in [-0.2, 0) is 14.3 Å². The molecule has 0 saturated carbocycles. The summed E-state index contributed by atoms with van der Waals surface area (Å²) in [4.78, 5) is 25.6. The van der Waals surface area contributed by atoms with Gasteiger partial charge in [0.2, 0.25) is 11.8 Å². The minimum absolute atomic E-state index is 0.103. The van der Waals surface area contributed by atoms with Crippen molar-refractivity contribution < 1.29 is 27.5 Å². The third kappa shape index (κ3) is 4.44. The maximum atomic E-state index is 14.0. The minimum Gasteiger partial charge on any atom is -0.375 e. The van der Waals surface area contributed by atoms with Crippen molar-refractivity contribution in [2.45, 2.75) is 18.9 Å². The molecular formula is C15H17F3N2O3. The number of rotatable bonds is 6. The van der Waals surface area contributed by atoms with Crippen LogP contribution in [0.1, 0.15) is 18.0 Å². The van der Waals surface area contributed by atoms with Crippen molar-refractivity contribution in [2.24, 2.45) is 0 Å². The van der Waals surface area contributed by atoms with Crippen molar-refractivity contribution in [1.29, 1.82) is 0 Å². The van der Waals surface area contributed by atoms with Crippen molar-refractivity contribution >= 4 is 11.8 Å². The summed E-state index contributed by atoms with van der Waals surface area (Å²) < 4.78 is 42.6. The Morgan fingerprint density at radius 3 is 2.83 bits per heavy atom. The molecular weight excluding hydrogens is 313 g/mol. The zero-order valence-corrected chi connectivity index (χ0v) is 12.3. The molecule has 0 unspecified atom stereocenters. The number of alkyl halides is 2. The van der Waals surface area contributed by atoms with Crippen LogP contribution < -0.4 is 5.32 Å². The fraction of sp³-hybridized carbons (Fsp3) is 0.467. The number of benzene rings is 1. The highest BCUT2D eigenvalue weighted by atomic mass is 19.3. The fourth-order valence-electron chi connectivity index (χ4n) is 2.42. The molecule has 1 aliphatic rings. The molecule has 1 aromatic rings. The van der Waals surface area contributed by atoms with E-state index in [-0.39, 0.29) is 31.7 Å². The number of carbonyl (C=O) groups is 2. The van der Waals surface area contributed by atoms with E-state index in [2.05, 4.69) is 10.1 Å². The number of nitrogens with zero attached hydrogens (tertiary/aromatic N) is 1. The molecule has 0 radical (unpaired) electrons. The summed E-state index contributed by atoms with van der Waals surface area (Å²) in [7, 11) is 0. The summed E-state index contributed by atoms with van der Waals surface area (Å²) in [6, 6.07) is 4.66. The Labute approximate surface area is 131 Å². The maximum Gasteiger partial charge on any atom is 0.261 e. The smallest absolute Gasteiger partial charge is 0.261 e. The largest absolute Gasteiger partial charge is 0.375 e. The Morgan fingerprint density at radius 2 is 2.13 bits per heavy atom. The number of piperazine rings is 1. The predicted molar refractivity (Wildman–Crippen MR) is 75.3 cm³/mol. The topological polar surface area (TPSA) is 58.6 Å². The van der Waals surface area contributed by atoms with Gasteiger partial charge in [-0.25, -0.2) is 13.2 Å². The van der Waals surface area contributed by atoms with Gasteiger partial charge in [0.25, 0.3) is 6.43 Å². The Morgan fingerprint density at radius 1 is 1.39 bits per heavy atom. The summed E-state index contributed by atoms with van der Waals surface area (Å²) in [5.41, 5.74) is 0.103. The summed E-state index contributed by atoms with van der Waals surface area (Å²) in [6.45, 7) is -0.443. The average molecular weight is 330 g/mol. The van der Waals surface area contributed by atoms with Crippen LogP contribution in [0.3, 0.4) is 0 Å². The van der Waals surface area contributed by atoms with Crippen LogP contribution in [0.15, 0.2) is 24.3 Å². The molecule has 2 amide bonds. The molecule has 1 atom stereocenters. The van der Waals surface area contributed by atoms with Gasteiger partial charge in [0, 0.05) is 18.7 Å². The van der Waals surface area contributed by atoms with Crippen molar-refractivity contribution in [2.75, 3.05) is 26.3 Å². The molecule has 1 saturated heterocycles. The van der Waals surface area contributed by atoms with Crippen molar-refractivity contribution in [3.63, 3.8) is 0 Å². The van der Waals surface area contributed by atoms with E-state index in [1.807, 2.05) is 0 Å². The Balaban J connectivity index is 2.07. The highest BCUT2D eigenvalue weighted by molar-refractivity contribution is 5.89. The molecule has 1 aliphatic heterocycles. The van der Waals surface area contributed by atoms with E-state index in [0.29, 0.717) is 0 Å². The van der Waals surface area contributed by atoms with Crippen LogP contribution in [0.25, 0.3) is 0 Å². The lowest BCUT2D eigenvalue weighted by Gasteiger charge is -2.35. The van der Waals surface area contributed by atoms with Crippen LogP contribution in [0, 0.1) is 5.82 Å². The number of nitrogens with one attached hydrogen (secondary N) is 1. The van der Waals surface area contributed by atoms with Crippen LogP contribution in [0.2, 0.25) is 0 Å². The average Bonchev–Trinajstić information content (AvgIpc) is 2.52. The van der Waals surface area contributed by atoms with Crippen LogP contribution in [0.4, 0.5) is 13.2 Å². The second-order valence-corrected chi connectivity index (χ2v) is 5.02. The van der Waals surface area contributed by atoms with Crippen molar-refractivity contribution in [3.8, 4) is 0 Å². The number of ether oxygens (including phenoxy) is 1. The van der Waals surface area contributed by atoms with E-state index in [9.17, 15) is 22.8 Å². The van der Waals surface area contributed by atoms with Gasteiger partial charge in [-0.2, -0.15) is 0 Å². The van der Waals surface area contributed by atoms with Gasteiger partial charge in [0.05, 0.1) is 13.0 Å². The number of carbonyl (C=O) groups excluding carboxylic acids is 2. The predicted octanol–water partition coefficient (Wildman–Crippen LogP) is 1.50. The molecule has 2 rings (SSSR count). The van der Waals surface area contributed by atoms with Gasteiger partial charge in [-0.3, -0.25) is 9.59 Å². The molecule has 126 valence electrons. The maximum absolute atomic E-state index is 14.0. The van der Waals surface area contributed by atoms with E-state index in [4.69, 9.17) is 0 Å². The molecule has 0 aromatic heterocycles. The van der Waals surface area contributed by atoms with Gasteiger partial charge in [-0.05, 0) is 6.07 Å². The van der Waals surface area contributed by atoms with Gasteiger partial charge < -0.3 is 15.0 Å². The molecule has 5 nitrogen and oxygen atoms in total. The lowest BCUT2D eigenvalue weighted by atomic mass is 10.0. The Bertz CT molecular complexity index is 569. The summed E-state index contributed by atoms with van der Waals surface area (Å²) in [6.07, 6.45) is -2.75. The van der Waals surface area contributed by atoms with E-state index >= 15 is 0 Å². The zero-order valence-electron chi connectivity index (χ0n) is 12.3. The second-order valence-electron chi connectivity index (χ2n) is 5.02. The molecule has 8 heteroatoms. The van der Waals surface area contributed by atoms with Gasteiger partial charge in [-0.1, -0.05) is 18.2 Å². The summed E-state index contributed by atoms with van der Waals surface area (Å²) in [5.74, 6) is -1.49. The number of hydrogen-bond donors (Lipinski definition) is 1. The molecule has 0 spiro atoms. The SMILES string of the molecule is O=C1NCCN(C(=O)CCOCC(F)F)[C@H]1c1ccccc1F. The number of halogens is 3.